The van der Waals surface area contributed by atoms with Crippen LogP contribution in [0.15, 0.2) is 57.8 Å². The van der Waals surface area contributed by atoms with Crippen molar-refractivity contribution in [1.82, 2.24) is 14.5 Å². The molecular formula is C22H22ClN5O5S3. The van der Waals surface area contributed by atoms with Gasteiger partial charge in [-0.3, -0.25) is 14.9 Å². The highest BCUT2D eigenvalue weighted by atomic mass is 35.5. The third kappa shape index (κ3) is 7.02. The number of anilines is 2. The largest absolute Gasteiger partial charge is 0.379 e. The molecule has 0 radical (unpaired) electrons. The van der Waals surface area contributed by atoms with Crippen molar-refractivity contribution >= 4 is 67.4 Å². The average molecular weight is 568 g/mol. The van der Waals surface area contributed by atoms with Gasteiger partial charge in [0.15, 0.2) is 4.34 Å². The second-order valence-electron chi connectivity index (χ2n) is 7.53. The van der Waals surface area contributed by atoms with Crippen LogP contribution in [-0.4, -0.2) is 66.8 Å². The monoisotopic (exact) mass is 567 g/mol. The standard InChI is InChI=1S/C22H22ClN5O5S3/c23-16-2-1-3-17(14-16)24-19(29)8-13-34-22-27-26-21(35-22)25-20(30)15-4-6-18(7-5-15)36(31,32)28-9-11-33-12-10-28/h1-7,14H,8-13H2,(H,24,29)(H,25,26,30). The molecule has 36 heavy (non-hydrogen) atoms. The van der Waals surface area contributed by atoms with Gasteiger partial charge in [-0.15, -0.1) is 10.2 Å². The summed E-state index contributed by atoms with van der Waals surface area (Å²) in [6.07, 6.45) is 0.262. The number of nitrogens with zero attached hydrogens (tertiary/aromatic N) is 3. The molecule has 10 nitrogen and oxygen atoms in total. The normalized spacial score (nSPS) is 14.4. The van der Waals surface area contributed by atoms with Gasteiger partial charge in [-0.2, -0.15) is 4.31 Å². The first kappa shape index (κ1) is 26.5. The van der Waals surface area contributed by atoms with E-state index < -0.39 is 15.9 Å². The number of carbonyl (C=O) groups excluding carboxylic acids is 2. The van der Waals surface area contributed by atoms with Gasteiger partial charge >= 0.3 is 0 Å². The van der Waals surface area contributed by atoms with E-state index in [1.165, 1.54) is 51.7 Å². The van der Waals surface area contributed by atoms with E-state index in [1.54, 1.807) is 24.3 Å². The van der Waals surface area contributed by atoms with Crippen molar-refractivity contribution in [2.24, 2.45) is 0 Å². The van der Waals surface area contributed by atoms with Gasteiger partial charge in [-0.1, -0.05) is 40.8 Å². The molecule has 2 amide bonds. The summed E-state index contributed by atoms with van der Waals surface area (Å²) in [5, 5.41) is 14.3. The summed E-state index contributed by atoms with van der Waals surface area (Å²) < 4.78 is 32.6. The van der Waals surface area contributed by atoms with Crippen LogP contribution in [0.2, 0.25) is 5.02 Å². The molecule has 1 aliphatic heterocycles. The Morgan fingerprint density at radius 1 is 1.08 bits per heavy atom. The smallest absolute Gasteiger partial charge is 0.257 e. The minimum absolute atomic E-state index is 0.120. The second-order valence-corrected chi connectivity index (χ2v) is 12.2. The number of thioether (sulfide) groups is 1. The number of hydrogen-bond donors (Lipinski definition) is 2. The first-order valence-corrected chi connectivity index (χ1v) is 14.4. The van der Waals surface area contributed by atoms with Gasteiger partial charge < -0.3 is 10.1 Å². The van der Waals surface area contributed by atoms with Crippen molar-refractivity contribution in [3.8, 4) is 0 Å². The maximum Gasteiger partial charge on any atom is 0.257 e. The van der Waals surface area contributed by atoms with Crippen molar-refractivity contribution in [3.05, 3.63) is 59.1 Å². The van der Waals surface area contributed by atoms with Gasteiger partial charge in [0.05, 0.1) is 18.1 Å². The first-order chi connectivity index (χ1) is 17.3. The molecule has 0 unspecified atom stereocenters. The summed E-state index contributed by atoms with van der Waals surface area (Å²) in [6.45, 7) is 1.32. The Kier molecular flexibility index (Phi) is 8.93. The lowest BCUT2D eigenvalue weighted by Gasteiger charge is -2.26. The summed E-state index contributed by atoms with van der Waals surface area (Å²) in [7, 11) is -3.63. The number of rotatable bonds is 9. The lowest BCUT2D eigenvalue weighted by atomic mass is 10.2. The molecule has 3 aromatic rings. The first-order valence-electron chi connectivity index (χ1n) is 10.8. The van der Waals surface area contributed by atoms with Gasteiger partial charge in [0.1, 0.15) is 0 Å². The molecule has 14 heteroatoms. The molecule has 1 saturated heterocycles. The van der Waals surface area contributed by atoms with Gasteiger partial charge in [0.25, 0.3) is 5.91 Å². The topological polar surface area (TPSA) is 131 Å². The van der Waals surface area contributed by atoms with E-state index >= 15 is 0 Å². The van der Waals surface area contributed by atoms with Crippen LogP contribution in [0.5, 0.6) is 0 Å². The van der Waals surface area contributed by atoms with Gasteiger partial charge in [-0.05, 0) is 42.5 Å². The summed E-state index contributed by atoms with van der Waals surface area (Å²) in [5.74, 6) is -0.102. The minimum Gasteiger partial charge on any atom is -0.379 e. The van der Waals surface area contributed by atoms with Crippen molar-refractivity contribution < 1.29 is 22.7 Å². The molecule has 2 heterocycles. The molecule has 4 rings (SSSR count). The molecular weight excluding hydrogens is 546 g/mol. The summed E-state index contributed by atoms with van der Waals surface area (Å²) >= 11 is 8.45. The number of halogens is 1. The fourth-order valence-electron chi connectivity index (χ4n) is 3.22. The summed E-state index contributed by atoms with van der Waals surface area (Å²) in [4.78, 5) is 24.8. The maximum absolute atomic E-state index is 12.7. The molecule has 0 bridgehead atoms. The Morgan fingerprint density at radius 3 is 2.56 bits per heavy atom. The predicted octanol–water partition coefficient (Wildman–Crippen LogP) is 3.59. The number of ether oxygens (including phenoxy) is 1. The Labute approximate surface area is 221 Å². The third-order valence-corrected chi connectivity index (χ3v) is 9.14. The zero-order chi connectivity index (χ0) is 25.5. The van der Waals surface area contributed by atoms with E-state index in [2.05, 4.69) is 20.8 Å². The Morgan fingerprint density at radius 2 is 1.83 bits per heavy atom. The Balaban J connectivity index is 1.26. The molecule has 0 aliphatic carbocycles. The van der Waals surface area contributed by atoms with Crippen molar-refractivity contribution in [2.75, 3.05) is 42.7 Å². The lowest BCUT2D eigenvalue weighted by Crippen LogP contribution is -2.40. The Bertz CT molecular complexity index is 1330. The fraction of sp³-hybridized carbons (Fsp3) is 0.273. The van der Waals surface area contributed by atoms with E-state index in [0.717, 1.165) is 0 Å². The minimum atomic E-state index is -3.63. The van der Waals surface area contributed by atoms with E-state index in [-0.39, 0.29) is 22.8 Å². The van der Waals surface area contributed by atoms with Gasteiger partial charge in [0, 0.05) is 41.5 Å². The fourth-order valence-corrected chi connectivity index (χ4v) is 6.58. The van der Waals surface area contributed by atoms with E-state index in [4.69, 9.17) is 16.3 Å². The highest BCUT2D eigenvalue weighted by Crippen LogP contribution is 2.27. The highest BCUT2D eigenvalue weighted by molar-refractivity contribution is 8.01. The zero-order valence-electron chi connectivity index (χ0n) is 18.8. The highest BCUT2D eigenvalue weighted by Gasteiger charge is 2.26. The zero-order valence-corrected chi connectivity index (χ0v) is 22.1. The summed E-state index contributed by atoms with van der Waals surface area (Å²) in [6, 6.07) is 12.6. The molecule has 190 valence electrons. The number of hydrogen-bond acceptors (Lipinski definition) is 9. The molecule has 0 spiro atoms. The predicted molar refractivity (Wildman–Crippen MR) is 139 cm³/mol. The number of sulfonamides is 1. The van der Waals surface area contributed by atoms with Crippen molar-refractivity contribution in [3.63, 3.8) is 0 Å². The number of aromatic nitrogens is 2. The van der Waals surface area contributed by atoms with Crippen molar-refractivity contribution in [2.45, 2.75) is 15.7 Å². The van der Waals surface area contributed by atoms with Crippen LogP contribution in [0.4, 0.5) is 10.8 Å². The van der Waals surface area contributed by atoms with Crippen molar-refractivity contribution in [1.29, 1.82) is 0 Å². The van der Waals surface area contributed by atoms with E-state index in [0.29, 0.717) is 52.2 Å². The van der Waals surface area contributed by atoms with Crippen LogP contribution >= 0.6 is 34.7 Å². The molecule has 0 saturated carbocycles. The molecule has 1 aliphatic rings. The lowest BCUT2D eigenvalue weighted by molar-refractivity contribution is -0.115. The van der Waals surface area contributed by atoms with Crippen LogP contribution in [0.3, 0.4) is 0 Å². The third-order valence-electron chi connectivity index (χ3n) is 5.01. The van der Waals surface area contributed by atoms with Crippen LogP contribution < -0.4 is 10.6 Å². The van der Waals surface area contributed by atoms with Gasteiger partial charge in [-0.25, -0.2) is 8.42 Å². The van der Waals surface area contributed by atoms with Crippen LogP contribution in [0, 0.1) is 0 Å². The average Bonchev–Trinajstić information content (AvgIpc) is 3.31. The SMILES string of the molecule is O=C(CCSc1nnc(NC(=O)c2ccc(S(=O)(=O)N3CCOCC3)cc2)s1)Nc1cccc(Cl)c1. The molecule has 0 atom stereocenters. The second kappa shape index (κ2) is 12.1. The number of morpholine rings is 1. The molecule has 1 fully saturated rings. The van der Waals surface area contributed by atoms with E-state index in [1.807, 2.05) is 0 Å². The van der Waals surface area contributed by atoms with Crippen LogP contribution in [-0.2, 0) is 19.6 Å². The quantitative estimate of drug-likeness (QED) is 0.296. The molecule has 2 aromatic carbocycles. The van der Waals surface area contributed by atoms with Crippen LogP contribution in [0.25, 0.3) is 0 Å². The van der Waals surface area contributed by atoms with E-state index in [9.17, 15) is 18.0 Å². The Hall–Kier alpha value is -2.55. The van der Waals surface area contributed by atoms with Gasteiger partial charge in [0.2, 0.25) is 21.1 Å². The number of carbonyl (C=O) groups is 2. The molecule has 2 N–H and O–H groups in total. The summed E-state index contributed by atoms with van der Waals surface area (Å²) in [5.41, 5.74) is 0.920. The maximum atomic E-state index is 12.7. The number of nitrogens with one attached hydrogen (secondary N) is 2. The van der Waals surface area contributed by atoms with Crippen LogP contribution in [0.1, 0.15) is 16.8 Å². The molecule has 1 aromatic heterocycles. The number of benzene rings is 2. The number of amides is 2.